The Morgan fingerprint density at radius 1 is 1.18 bits per heavy atom. The molecule has 0 unspecified atom stereocenters. The molecule has 1 aliphatic heterocycles. The second kappa shape index (κ2) is 6.52. The number of aromatic nitrogens is 3. The molecule has 1 aromatic carbocycles. The molecule has 5 rings (SSSR count). The Balaban J connectivity index is 1.56. The third-order valence-corrected chi connectivity index (χ3v) is 6.44. The number of nitrogens with zero attached hydrogens (tertiary/aromatic N) is 4. The van der Waals surface area contributed by atoms with Gasteiger partial charge in [-0.1, -0.05) is 18.6 Å². The van der Waals surface area contributed by atoms with Crippen LogP contribution >= 0.6 is 0 Å². The molecule has 0 amide bonds. The molecule has 1 aliphatic carbocycles. The number of carbonyl (C=O) groups excluding carboxylic acids is 1. The Labute approximate surface area is 165 Å². The van der Waals surface area contributed by atoms with Crippen LogP contribution in [0.2, 0.25) is 0 Å². The number of hydrogen-bond acceptors (Lipinski definition) is 4. The number of pyridine rings is 1. The number of aryl methyl sites for hydroxylation is 1. The van der Waals surface area contributed by atoms with Gasteiger partial charge in [-0.25, -0.2) is 4.98 Å². The van der Waals surface area contributed by atoms with Gasteiger partial charge in [0.05, 0.1) is 11.7 Å². The third-order valence-electron chi connectivity index (χ3n) is 6.44. The number of Topliss-reactive ketones (excluding diaryl/α,β-unsaturated/α-hetero) is 1. The number of benzene rings is 1. The summed E-state index contributed by atoms with van der Waals surface area (Å²) in [6.07, 6.45) is 10.5. The lowest BCUT2D eigenvalue weighted by atomic mass is 9.97. The van der Waals surface area contributed by atoms with E-state index < -0.39 is 0 Å². The van der Waals surface area contributed by atoms with Crippen molar-refractivity contribution in [1.29, 1.82) is 0 Å². The quantitative estimate of drug-likeness (QED) is 0.637. The monoisotopic (exact) mass is 374 g/mol. The zero-order valence-electron chi connectivity index (χ0n) is 16.6. The number of ketones is 1. The minimum absolute atomic E-state index is 0.00888. The number of carbonyl (C=O) groups is 1. The summed E-state index contributed by atoms with van der Waals surface area (Å²) in [4.78, 5) is 19.4. The number of rotatable bonds is 4. The zero-order valence-corrected chi connectivity index (χ0v) is 16.6. The first-order valence-electron chi connectivity index (χ1n) is 10.2. The van der Waals surface area contributed by atoms with Crippen LogP contribution in [0.5, 0.6) is 0 Å². The van der Waals surface area contributed by atoms with E-state index >= 15 is 0 Å². The van der Waals surface area contributed by atoms with Crippen molar-refractivity contribution < 1.29 is 4.79 Å². The summed E-state index contributed by atoms with van der Waals surface area (Å²) in [6, 6.07) is 8.45. The van der Waals surface area contributed by atoms with Crippen molar-refractivity contribution in [2.75, 3.05) is 6.54 Å². The highest BCUT2D eigenvalue weighted by Crippen LogP contribution is 2.48. The molecule has 0 atom stereocenters. The smallest absolute Gasteiger partial charge is 0.178 e. The molecule has 0 N–H and O–H groups in total. The van der Waals surface area contributed by atoms with Crippen molar-refractivity contribution in [3.8, 4) is 11.1 Å². The first kappa shape index (κ1) is 17.6. The van der Waals surface area contributed by atoms with Crippen LogP contribution in [0.25, 0.3) is 22.0 Å². The summed E-state index contributed by atoms with van der Waals surface area (Å²) in [7, 11) is 1.91. The van der Waals surface area contributed by atoms with E-state index in [-0.39, 0.29) is 5.78 Å². The summed E-state index contributed by atoms with van der Waals surface area (Å²) in [5, 5.41) is 5.37. The summed E-state index contributed by atoms with van der Waals surface area (Å²) >= 11 is 0. The Morgan fingerprint density at radius 3 is 2.75 bits per heavy atom. The van der Waals surface area contributed by atoms with Crippen molar-refractivity contribution >= 4 is 16.7 Å². The topological polar surface area (TPSA) is 51.0 Å². The van der Waals surface area contributed by atoms with E-state index in [1.54, 1.807) is 11.6 Å². The minimum atomic E-state index is -0.00888. The summed E-state index contributed by atoms with van der Waals surface area (Å²) in [5.74, 6) is -0.00888. The summed E-state index contributed by atoms with van der Waals surface area (Å²) in [6.45, 7) is 3.75. The molecule has 2 aliphatic rings. The predicted octanol–water partition coefficient (Wildman–Crippen LogP) is 4.36. The first-order chi connectivity index (χ1) is 13.5. The molecule has 2 aromatic heterocycles. The zero-order chi connectivity index (χ0) is 19.3. The lowest BCUT2D eigenvalue weighted by Gasteiger charge is -2.36. The molecule has 0 radical (unpaired) electrons. The standard InChI is InChI=1S/C23H26N4O/c1-16(28)21-12-20(18-13-24-26(2)15-18)19-6-5-17(11-22(19)25-21)14-27-10-4-3-7-23(27)8-9-23/h5-6,11-13,15H,3-4,7-10,14H2,1-2H3. The molecule has 5 heteroatoms. The third kappa shape index (κ3) is 3.04. The van der Waals surface area contributed by atoms with E-state index in [2.05, 4.69) is 33.2 Å². The highest BCUT2D eigenvalue weighted by Gasteiger charge is 2.48. The van der Waals surface area contributed by atoms with Crippen LogP contribution in [-0.2, 0) is 13.6 Å². The average Bonchev–Trinajstić information content (AvgIpc) is 3.32. The molecule has 3 heterocycles. The molecular weight excluding hydrogens is 348 g/mol. The minimum Gasteiger partial charge on any atom is -0.293 e. The Hall–Kier alpha value is -2.53. The highest BCUT2D eigenvalue weighted by atomic mass is 16.1. The molecule has 144 valence electrons. The van der Waals surface area contributed by atoms with Gasteiger partial charge in [-0.2, -0.15) is 5.10 Å². The molecular formula is C23H26N4O. The fourth-order valence-corrected chi connectivity index (χ4v) is 4.68. The van der Waals surface area contributed by atoms with Gasteiger partial charge in [0.2, 0.25) is 0 Å². The van der Waals surface area contributed by atoms with E-state index in [0.29, 0.717) is 11.2 Å². The second-order valence-corrected chi connectivity index (χ2v) is 8.47. The molecule has 0 bridgehead atoms. The average molecular weight is 374 g/mol. The molecule has 1 spiro atoms. The van der Waals surface area contributed by atoms with Gasteiger partial charge in [0.25, 0.3) is 0 Å². The van der Waals surface area contributed by atoms with Crippen LogP contribution < -0.4 is 0 Å². The van der Waals surface area contributed by atoms with E-state index in [4.69, 9.17) is 0 Å². The van der Waals surface area contributed by atoms with Gasteiger partial charge in [-0.05, 0) is 55.5 Å². The molecule has 28 heavy (non-hydrogen) atoms. The van der Waals surface area contributed by atoms with Crippen LogP contribution in [0.4, 0.5) is 0 Å². The molecule has 2 fully saturated rings. The molecule has 3 aromatic rings. The van der Waals surface area contributed by atoms with E-state index in [1.165, 1.54) is 44.2 Å². The first-order valence-corrected chi connectivity index (χ1v) is 10.2. The van der Waals surface area contributed by atoms with Crippen LogP contribution in [0.3, 0.4) is 0 Å². The number of fused-ring (bicyclic) bond motifs is 1. The van der Waals surface area contributed by atoms with Crippen LogP contribution in [0, 0.1) is 0 Å². The van der Waals surface area contributed by atoms with Crippen LogP contribution in [0.1, 0.15) is 55.1 Å². The predicted molar refractivity (Wildman–Crippen MR) is 110 cm³/mol. The Kier molecular flexibility index (Phi) is 4.09. The van der Waals surface area contributed by atoms with Crippen molar-refractivity contribution in [2.45, 2.75) is 51.1 Å². The molecule has 1 saturated carbocycles. The van der Waals surface area contributed by atoms with Gasteiger partial charge in [-0.3, -0.25) is 14.4 Å². The number of hydrogen-bond donors (Lipinski definition) is 0. The normalized spacial score (nSPS) is 18.6. The maximum Gasteiger partial charge on any atom is 0.178 e. The van der Waals surface area contributed by atoms with Gasteiger partial charge in [0, 0.05) is 43.2 Å². The fraction of sp³-hybridized carbons (Fsp3) is 0.435. The lowest BCUT2D eigenvalue weighted by molar-refractivity contribution is 0.101. The van der Waals surface area contributed by atoms with Crippen molar-refractivity contribution in [3.05, 3.63) is 47.9 Å². The van der Waals surface area contributed by atoms with E-state index in [1.807, 2.05) is 25.5 Å². The fourth-order valence-electron chi connectivity index (χ4n) is 4.68. The number of piperidine rings is 1. The Morgan fingerprint density at radius 2 is 2.04 bits per heavy atom. The van der Waals surface area contributed by atoms with Gasteiger partial charge >= 0.3 is 0 Å². The van der Waals surface area contributed by atoms with Crippen LogP contribution in [0.15, 0.2) is 36.7 Å². The van der Waals surface area contributed by atoms with Gasteiger partial charge in [0.1, 0.15) is 5.69 Å². The highest BCUT2D eigenvalue weighted by molar-refractivity contribution is 6.01. The van der Waals surface area contributed by atoms with Crippen molar-refractivity contribution in [3.63, 3.8) is 0 Å². The second-order valence-electron chi connectivity index (χ2n) is 8.47. The summed E-state index contributed by atoms with van der Waals surface area (Å²) in [5.41, 5.74) is 5.20. The van der Waals surface area contributed by atoms with Crippen LogP contribution in [-0.4, -0.2) is 37.5 Å². The molecule has 5 nitrogen and oxygen atoms in total. The molecule has 1 saturated heterocycles. The summed E-state index contributed by atoms with van der Waals surface area (Å²) < 4.78 is 1.79. The van der Waals surface area contributed by atoms with E-state index in [9.17, 15) is 4.79 Å². The largest absolute Gasteiger partial charge is 0.293 e. The SMILES string of the molecule is CC(=O)c1cc(-c2cnn(C)c2)c2ccc(CN3CCCCC34CC4)cc2n1. The van der Waals surface area contributed by atoms with Crippen molar-refractivity contribution in [1.82, 2.24) is 19.7 Å². The van der Waals surface area contributed by atoms with Gasteiger partial charge in [0.15, 0.2) is 5.78 Å². The maximum absolute atomic E-state index is 12.1. The lowest BCUT2D eigenvalue weighted by Crippen LogP contribution is -2.40. The number of likely N-dealkylation sites (tertiary alicyclic amines) is 1. The van der Waals surface area contributed by atoms with Gasteiger partial charge < -0.3 is 0 Å². The van der Waals surface area contributed by atoms with Crippen molar-refractivity contribution in [2.24, 2.45) is 7.05 Å². The Bertz CT molecular complexity index is 1060. The van der Waals surface area contributed by atoms with E-state index in [0.717, 1.165) is 28.6 Å². The van der Waals surface area contributed by atoms with Gasteiger partial charge in [-0.15, -0.1) is 0 Å². The maximum atomic E-state index is 12.1.